The third-order valence-electron chi connectivity index (χ3n) is 9.08. The van der Waals surface area contributed by atoms with Crippen LogP contribution in [0.3, 0.4) is 0 Å². The molecule has 332 valence electrons. The molecule has 0 spiro atoms. The molecule has 2 aliphatic heterocycles. The molecule has 1 saturated heterocycles. The zero-order valence-corrected chi connectivity index (χ0v) is 37.1. The topological polar surface area (TPSA) is 114 Å². The van der Waals surface area contributed by atoms with Crippen molar-refractivity contribution in [2.75, 3.05) is 33.9 Å². The second kappa shape index (κ2) is 22.7. The maximum absolute atomic E-state index is 14.7. The highest BCUT2D eigenvalue weighted by Gasteiger charge is 2.26. The highest BCUT2D eigenvalue weighted by molar-refractivity contribution is 6.61. The van der Waals surface area contributed by atoms with E-state index in [0.29, 0.717) is 13.1 Å². The van der Waals surface area contributed by atoms with Crippen LogP contribution < -0.4 is 35.4 Å². The van der Waals surface area contributed by atoms with Crippen LogP contribution in [0.4, 0.5) is 17.6 Å². The lowest BCUT2D eigenvalue weighted by Crippen LogP contribution is -2.37. The third kappa shape index (κ3) is 11.9. The number of hydrogen-bond donors (Lipinski definition) is 2. The molecule has 4 aromatic carbocycles. The average molecular weight is 965 g/mol. The molecule has 62 heavy (non-hydrogen) atoms. The molecule has 3 heterocycles. The van der Waals surface area contributed by atoms with Gasteiger partial charge in [0.1, 0.15) is 50.0 Å². The smallest absolute Gasteiger partial charge is 0.341 e. The Morgan fingerprint density at radius 3 is 1.66 bits per heavy atom. The second-order valence-corrected chi connectivity index (χ2v) is 15.3. The van der Waals surface area contributed by atoms with E-state index in [0.717, 1.165) is 62.3 Å². The van der Waals surface area contributed by atoms with Crippen LogP contribution >= 0.6 is 58.0 Å². The Bertz CT molecular complexity index is 2480. The Hall–Kier alpha value is -4.61. The summed E-state index contributed by atoms with van der Waals surface area (Å²) in [6.07, 6.45) is 4.39. The number of hydrazine groups is 1. The molecule has 1 aromatic heterocycles. The van der Waals surface area contributed by atoms with Crippen LogP contribution in [-0.2, 0) is 22.6 Å². The molecule has 1 fully saturated rings. The SMILES string of the molecule is C1CCNNC1.CCOC(=O)C(=C(Cl)Cl)c1cc(Oc2ccc(F)cc2OC)c(Cl)cc1F.COc1cc(F)ccc1Oc1cc(-c2c(Cl)n3n(c2=O)CCCC3)c(F)cc1Cl. The fourth-order valence-corrected chi connectivity index (χ4v) is 7.23. The summed E-state index contributed by atoms with van der Waals surface area (Å²) in [6.45, 7) is 4.99. The Balaban J connectivity index is 0.000000206. The number of hydrogen-bond acceptors (Lipinski definition) is 9. The van der Waals surface area contributed by atoms with Crippen molar-refractivity contribution in [3.05, 3.63) is 120 Å². The van der Waals surface area contributed by atoms with Gasteiger partial charge in [-0.1, -0.05) is 58.0 Å². The van der Waals surface area contributed by atoms with Gasteiger partial charge in [-0.25, -0.2) is 27.0 Å². The van der Waals surface area contributed by atoms with Crippen molar-refractivity contribution in [2.24, 2.45) is 0 Å². The van der Waals surface area contributed by atoms with Gasteiger partial charge in [-0.15, -0.1) is 0 Å². The van der Waals surface area contributed by atoms with E-state index in [9.17, 15) is 27.2 Å². The standard InChI is InChI=1S/C20H16Cl2F2N2O3.C18H13Cl3F2O4.C4H10N2/c1-28-17-8-11(23)4-5-15(17)29-16-9-12(14(24)10-13(16)21)18-19(22)25-6-2-3-7-26(25)20(18)27;1-3-26-18(24)16(17(20)21)10-7-14(11(19)8-12(10)23)27-13-5-4-9(22)6-15(13)25-2;1-2-4-6-5-3-1/h4-5,8-10H,2-3,6-7H2,1H3;4-8H,3H2,1-2H3;5-6H,1-4H2. The number of rotatable bonds is 10. The molecule has 2 aliphatic rings. The van der Waals surface area contributed by atoms with Crippen LogP contribution in [-0.4, -0.2) is 49.2 Å². The molecule has 0 bridgehead atoms. The minimum atomic E-state index is -0.913. The lowest BCUT2D eigenvalue weighted by molar-refractivity contribution is -0.136. The van der Waals surface area contributed by atoms with Crippen LogP contribution in [0.2, 0.25) is 15.2 Å². The first kappa shape index (κ1) is 48.4. The number of nitrogens with one attached hydrogen (secondary N) is 2. The third-order valence-corrected chi connectivity index (χ3v) is 10.4. The molecule has 0 atom stereocenters. The van der Waals surface area contributed by atoms with Gasteiger partial charge in [-0.05, 0) is 81.1 Å². The summed E-state index contributed by atoms with van der Waals surface area (Å²) < 4.78 is 84.9. The number of methoxy groups -OCH3 is 2. The van der Waals surface area contributed by atoms with Gasteiger partial charge in [0, 0.05) is 49.4 Å². The largest absolute Gasteiger partial charge is 0.493 e. The number of ether oxygens (including phenoxy) is 5. The predicted molar refractivity (Wildman–Crippen MR) is 231 cm³/mol. The van der Waals surface area contributed by atoms with E-state index in [1.165, 1.54) is 56.0 Å². The van der Waals surface area contributed by atoms with E-state index in [1.54, 1.807) is 11.6 Å². The van der Waals surface area contributed by atoms with Crippen molar-refractivity contribution in [2.45, 2.75) is 45.7 Å². The molecule has 0 aliphatic carbocycles. The summed E-state index contributed by atoms with van der Waals surface area (Å²) in [6, 6.07) is 11.7. The summed E-state index contributed by atoms with van der Waals surface area (Å²) in [5.41, 5.74) is 5.08. The van der Waals surface area contributed by atoms with Gasteiger partial charge < -0.3 is 23.7 Å². The molecule has 0 radical (unpaired) electrons. The molecule has 0 unspecified atom stereocenters. The molecule has 0 amide bonds. The van der Waals surface area contributed by atoms with Crippen LogP contribution in [0.25, 0.3) is 16.7 Å². The molecule has 0 saturated carbocycles. The number of aromatic nitrogens is 2. The normalized spacial score (nSPS) is 13.0. The van der Waals surface area contributed by atoms with Crippen molar-refractivity contribution < 1.29 is 46.0 Å². The number of benzene rings is 4. The monoisotopic (exact) mass is 962 g/mol. The molecule has 2 N–H and O–H groups in total. The lowest BCUT2D eigenvalue weighted by atomic mass is 10.1. The average Bonchev–Trinajstić information content (AvgIpc) is 3.51. The maximum atomic E-state index is 14.7. The van der Waals surface area contributed by atoms with E-state index in [1.807, 2.05) is 0 Å². The van der Waals surface area contributed by atoms with Gasteiger partial charge >= 0.3 is 5.97 Å². The number of fused-ring (bicyclic) bond motifs is 1. The Morgan fingerprint density at radius 1 is 0.677 bits per heavy atom. The quantitative estimate of drug-likeness (QED) is 0.0802. The molecular weight excluding hydrogens is 926 g/mol. The fraction of sp³-hybridized carbons (Fsp3) is 0.286. The maximum Gasteiger partial charge on any atom is 0.341 e. The minimum absolute atomic E-state index is 0.0159. The van der Waals surface area contributed by atoms with Crippen LogP contribution in [0.5, 0.6) is 34.5 Å². The first-order chi connectivity index (χ1) is 29.7. The van der Waals surface area contributed by atoms with Crippen molar-refractivity contribution in [1.82, 2.24) is 20.2 Å². The first-order valence-corrected chi connectivity index (χ1v) is 20.8. The molecule has 5 aromatic rings. The number of nitrogens with zero attached hydrogens (tertiary/aromatic N) is 2. The molecular formula is C42H39Cl5F4N4O7. The van der Waals surface area contributed by atoms with Gasteiger partial charge in [0.05, 0.1) is 36.4 Å². The van der Waals surface area contributed by atoms with Gasteiger partial charge in [-0.3, -0.25) is 20.3 Å². The number of carbonyl (C=O) groups is 1. The highest BCUT2D eigenvalue weighted by Crippen LogP contribution is 2.41. The highest BCUT2D eigenvalue weighted by atomic mass is 35.5. The summed E-state index contributed by atoms with van der Waals surface area (Å²) in [5.74, 6) is -2.92. The predicted octanol–water partition coefficient (Wildman–Crippen LogP) is 11.5. The zero-order chi connectivity index (χ0) is 45.1. The van der Waals surface area contributed by atoms with E-state index in [2.05, 4.69) is 10.9 Å². The summed E-state index contributed by atoms with van der Waals surface area (Å²) in [5, 5.41) is 0.0515. The van der Waals surface area contributed by atoms with E-state index >= 15 is 0 Å². The van der Waals surface area contributed by atoms with Crippen molar-refractivity contribution >= 4 is 69.5 Å². The first-order valence-electron chi connectivity index (χ1n) is 18.9. The zero-order valence-electron chi connectivity index (χ0n) is 33.3. The number of halogens is 9. The van der Waals surface area contributed by atoms with E-state index in [-0.39, 0.29) is 84.1 Å². The minimum Gasteiger partial charge on any atom is -0.493 e. The number of esters is 1. The second-order valence-electron chi connectivity index (χ2n) is 13.2. The van der Waals surface area contributed by atoms with Crippen molar-refractivity contribution in [3.63, 3.8) is 0 Å². The summed E-state index contributed by atoms with van der Waals surface area (Å²) in [4.78, 5) is 24.9. The molecule has 7 rings (SSSR count). The van der Waals surface area contributed by atoms with Gasteiger partial charge in [0.2, 0.25) is 0 Å². The Morgan fingerprint density at radius 2 is 1.19 bits per heavy atom. The van der Waals surface area contributed by atoms with E-state index < -0.39 is 33.7 Å². The van der Waals surface area contributed by atoms with Crippen LogP contribution in [0.15, 0.2) is 69.9 Å². The molecule has 11 nitrogen and oxygen atoms in total. The van der Waals surface area contributed by atoms with Gasteiger partial charge in [0.25, 0.3) is 5.56 Å². The Kier molecular flexibility index (Phi) is 17.7. The van der Waals surface area contributed by atoms with Crippen LogP contribution in [0, 0.1) is 23.3 Å². The van der Waals surface area contributed by atoms with Crippen LogP contribution in [0.1, 0.15) is 38.2 Å². The lowest BCUT2D eigenvalue weighted by Gasteiger charge is -2.17. The fourth-order valence-electron chi connectivity index (χ4n) is 6.13. The van der Waals surface area contributed by atoms with E-state index in [4.69, 9.17) is 81.7 Å². The van der Waals surface area contributed by atoms with Gasteiger partial charge in [-0.2, -0.15) is 0 Å². The number of carbonyl (C=O) groups excluding carboxylic acids is 1. The summed E-state index contributed by atoms with van der Waals surface area (Å²) in [7, 11) is 2.69. The molecule has 20 heteroatoms. The Labute approximate surface area is 378 Å². The summed E-state index contributed by atoms with van der Waals surface area (Å²) >= 11 is 30.1. The van der Waals surface area contributed by atoms with Crippen molar-refractivity contribution in [1.29, 1.82) is 0 Å². The van der Waals surface area contributed by atoms with Gasteiger partial charge in [0.15, 0.2) is 23.0 Å². The van der Waals surface area contributed by atoms with Crippen molar-refractivity contribution in [3.8, 4) is 45.6 Å².